The number of piperidine rings is 1. The zero-order chi connectivity index (χ0) is 17.0. The highest BCUT2D eigenvalue weighted by atomic mass is 16.6. The highest BCUT2D eigenvalue weighted by Gasteiger charge is 2.35. The van der Waals surface area contributed by atoms with Crippen LogP contribution in [-0.4, -0.2) is 41.9 Å². The predicted octanol–water partition coefficient (Wildman–Crippen LogP) is 2.53. The summed E-state index contributed by atoms with van der Waals surface area (Å²) in [6.07, 6.45) is 2.04. The van der Waals surface area contributed by atoms with Gasteiger partial charge in [-0.05, 0) is 52.8 Å². The van der Waals surface area contributed by atoms with E-state index in [1.165, 1.54) is 4.57 Å². The number of carbonyl (C=O) groups is 2. The topological polar surface area (TPSA) is 69.6 Å². The average Bonchev–Trinajstić information content (AvgIpc) is 2.95. The van der Waals surface area contributed by atoms with Crippen LogP contribution in [-0.2, 0) is 14.3 Å². The van der Waals surface area contributed by atoms with Crippen LogP contribution in [0.25, 0.3) is 0 Å². The fourth-order valence-corrected chi connectivity index (χ4v) is 2.88. The Morgan fingerprint density at radius 1 is 1.39 bits per heavy atom. The van der Waals surface area contributed by atoms with Gasteiger partial charge in [-0.3, -0.25) is 9.36 Å². The van der Waals surface area contributed by atoms with E-state index in [0.717, 1.165) is 18.7 Å². The second kappa shape index (κ2) is 7.17. The normalized spacial score (nSPS) is 21.7. The lowest BCUT2D eigenvalue weighted by atomic mass is 9.84. The van der Waals surface area contributed by atoms with E-state index < -0.39 is 11.7 Å². The Kier molecular flexibility index (Phi) is 5.46. The Bertz CT molecular complexity index is 559. The maximum absolute atomic E-state index is 12.4. The smallest absolute Gasteiger partial charge is 0.418 e. The van der Waals surface area contributed by atoms with Gasteiger partial charge in [0.2, 0.25) is 0 Å². The number of ether oxygens (including phenoxy) is 2. The first-order valence-electron chi connectivity index (χ1n) is 8.11. The molecule has 128 valence electrons. The summed E-state index contributed by atoms with van der Waals surface area (Å²) in [6, 6.07) is 3.69. The van der Waals surface area contributed by atoms with Crippen molar-refractivity contribution in [1.82, 2.24) is 9.88 Å². The molecule has 0 bridgehead atoms. The molecule has 0 amide bonds. The lowest BCUT2D eigenvalue weighted by Gasteiger charge is -2.31. The van der Waals surface area contributed by atoms with Crippen LogP contribution in [0, 0.1) is 5.92 Å². The van der Waals surface area contributed by atoms with Gasteiger partial charge >= 0.3 is 12.1 Å². The molecule has 2 heterocycles. The first-order valence-corrected chi connectivity index (χ1v) is 8.11. The highest BCUT2D eigenvalue weighted by molar-refractivity contribution is 5.76. The molecule has 1 saturated heterocycles. The molecule has 0 radical (unpaired) electrons. The van der Waals surface area contributed by atoms with Gasteiger partial charge in [0.05, 0.1) is 12.5 Å². The van der Waals surface area contributed by atoms with Gasteiger partial charge in [0, 0.05) is 24.4 Å². The molecule has 6 heteroatoms. The molecule has 1 aromatic heterocycles. The van der Waals surface area contributed by atoms with Gasteiger partial charge < -0.3 is 14.8 Å². The number of nitrogens with one attached hydrogen (secondary N) is 1. The van der Waals surface area contributed by atoms with Gasteiger partial charge in [-0.1, -0.05) is 0 Å². The number of aromatic nitrogens is 1. The summed E-state index contributed by atoms with van der Waals surface area (Å²) in [7, 11) is 0. The van der Waals surface area contributed by atoms with Crippen LogP contribution in [0.1, 0.15) is 45.7 Å². The molecule has 1 aliphatic rings. The molecule has 1 fully saturated rings. The van der Waals surface area contributed by atoms with E-state index in [1.54, 1.807) is 13.1 Å². The summed E-state index contributed by atoms with van der Waals surface area (Å²) in [6.45, 7) is 9.02. The van der Waals surface area contributed by atoms with Crippen LogP contribution in [0.4, 0.5) is 4.79 Å². The predicted molar refractivity (Wildman–Crippen MR) is 86.4 cm³/mol. The van der Waals surface area contributed by atoms with Crippen molar-refractivity contribution in [3.8, 4) is 0 Å². The first kappa shape index (κ1) is 17.5. The van der Waals surface area contributed by atoms with Crippen LogP contribution in [0.3, 0.4) is 0 Å². The SMILES string of the molecule is CCOC(=O)[C@@H]1CNCC[C@@H]1c1cccn1C(=O)OC(C)(C)C. The molecule has 0 aliphatic carbocycles. The lowest BCUT2D eigenvalue weighted by molar-refractivity contribution is -0.149. The van der Waals surface area contributed by atoms with Crippen LogP contribution in [0.2, 0.25) is 0 Å². The second-order valence-corrected chi connectivity index (χ2v) is 6.74. The lowest BCUT2D eigenvalue weighted by Crippen LogP contribution is -2.41. The fraction of sp³-hybridized carbons (Fsp3) is 0.647. The maximum Gasteiger partial charge on any atom is 0.418 e. The van der Waals surface area contributed by atoms with E-state index in [-0.39, 0.29) is 17.8 Å². The molecule has 2 atom stereocenters. The van der Waals surface area contributed by atoms with Crippen molar-refractivity contribution in [3.05, 3.63) is 24.0 Å². The molecule has 1 aliphatic heterocycles. The summed E-state index contributed by atoms with van der Waals surface area (Å²) in [5.41, 5.74) is 0.242. The number of carbonyl (C=O) groups excluding carboxylic acids is 2. The number of nitrogens with zero attached hydrogens (tertiary/aromatic N) is 1. The molecule has 1 N–H and O–H groups in total. The van der Waals surface area contributed by atoms with Crippen molar-refractivity contribution in [3.63, 3.8) is 0 Å². The van der Waals surface area contributed by atoms with Crippen LogP contribution in [0.15, 0.2) is 18.3 Å². The van der Waals surface area contributed by atoms with Gasteiger partial charge in [0.15, 0.2) is 0 Å². The summed E-state index contributed by atoms with van der Waals surface area (Å²) in [4.78, 5) is 24.6. The van der Waals surface area contributed by atoms with E-state index in [9.17, 15) is 9.59 Å². The third kappa shape index (κ3) is 4.34. The van der Waals surface area contributed by atoms with E-state index in [4.69, 9.17) is 9.47 Å². The van der Waals surface area contributed by atoms with Crippen LogP contribution >= 0.6 is 0 Å². The minimum Gasteiger partial charge on any atom is -0.466 e. The van der Waals surface area contributed by atoms with Crippen molar-refractivity contribution in [2.45, 2.75) is 45.6 Å². The molecular weight excluding hydrogens is 296 g/mol. The summed E-state index contributed by atoms with van der Waals surface area (Å²) in [5.74, 6) is -0.570. The van der Waals surface area contributed by atoms with Crippen molar-refractivity contribution in [2.24, 2.45) is 5.92 Å². The summed E-state index contributed by atoms with van der Waals surface area (Å²) < 4.78 is 12.1. The van der Waals surface area contributed by atoms with Gasteiger partial charge in [-0.25, -0.2) is 4.79 Å². The van der Waals surface area contributed by atoms with Gasteiger partial charge in [0.25, 0.3) is 0 Å². The van der Waals surface area contributed by atoms with Crippen molar-refractivity contribution < 1.29 is 19.1 Å². The van der Waals surface area contributed by atoms with E-state index in [1.807, 2.05) is 32.9 Å². The molecule has 0 saturated carbocycles. The Morgan fingerprint density at radius 2 is 2.13 bits per heavy atom. The highest BCUT2D eigenvalue weighted by Crippen LogP contribution is 2.32. The largest absolute Gasteiger partial charge is 0.466 e. The monoisotopic (exact) mass is 322 g/mol. The zero-order valence-electron chi connectivity index (χ0n) is 14.3. The number of hydrogen-bond donors (Lipinski definition) is 1. The Balaban J connectivity index is 2.24. The molecule has 0 unspecified atom stereocenters. The summed E-state index contributed by atoms with van der Waals surface area (Å²) >= 11 is 0. The Morgan fingerprint density at radius 3 is 2.78 bits per heavy atom. The average molecular weight is 322 g/mol. The molecule has 6 nitrogen and oxygen atoms in total. The minimum absolute atomic E-state index is 0.0576. The molecule has 1 aromatic rings. The standard InChI is InChI=1S/C17H26N2O4/c1-5-22-15(20)13-11-18-9-8-12(13)14-7-6-10-19(14)16(21)23-17(2,3)4/h6-7,10,12-13,18H,5,8-9,11H2,1-4H3/t12-,13+/m0/s1. The van der Waals surface area contributed by atoms with E-state index in [2.05, 4.69) is 5.32 Å². The minimum atomic E-state index is -0.562. The van der Waals surface area contributed by atoms with E-state index in [0.29, 0.717) is 13.2 Å². The van der Waals surface area contributed by atoms with Gasteiger partial charge in [0.1, 0.15) is 5.60 Å². The quantitative estimate of drug-likeness (QED) is 0.866. The molecule has 2 rings (SSSR count). The van der Waals surface area contributed by atoms with Crippen molar-refractivity contribution in [2.75, 3.05) is 19.7 Å². The first-order chi connectivity index (χ1) is 10.8. The number of rotatable bonds is 3. The van der Waals surface area contributed by atoms with Gasteiger partial charge in [-0.15, -0.1) is 0 Å². The van der Waals surface area contributed by atoms with Crippen LogP contribution in [0.5, 0.6) is 0 Å². The second-order valence-electron chi connectivity index (χ2n) is 6.74. The van der Waals surface area contributed by atoms with Gasteiger partial charge in [-0.2, -0.15) is 0 Å². The molecule has 0 aromatic carbocycles. The third-order valence-electron chi connectivity index (χ3n) is 3.82. The number of hydrogen-bond acceptors (Lipinski definition) is 5. The molecule has 23 heavy (non-hydrogen) atoms. The maximum atomic E-state index is 12.4. The fourth-order valence-electron chi connectivity index (χ4n) is 2.88. The van der Waals surface area contributed by atoms with Crippen molar-refractivity contribution in [1.29, 1.82) is 0 Å². The third-order valence-corrected chi connectivity index (χ3v) is 3.82. The van der Waals surface area contributed by atoms with Crippen LogP contribution < -0.4 is 5.32 Å². The van der Waals surface area contributed by atoms with Crippen molar-refractivity contribution >= 4 is 12.1 Å². The molecule has 0 spiro atoms. The van der Waals surface area contributed by atoms with E-state index >= 15 is 0 Å². The Labute approximate surface area is 137 Å². The Hall–Kier alpha value is -1.82. The molecular formula is C17H26N2O4. The summed E-state index contributed by atoms with van der Waals surface area (Å²) in [5, 5.41) is 3.23. The number of esters is 1. The zero-order valence-corrected chi connectivity index (χ0v) is 14.3.